The van der Waals surface area contributed by atoms with Crippen LogP contribution in [0.5, 0.6) is 11.5 Å². The smallest absolute Gasteiger partial charge is 0.269 e. The van der Waals surface area contributed by atoms with E-state index in [2.05, 4.69) is 10.9 Å². The molecule has 0 saturated heterocycles. The van der Waals surface area contributed by atoms with Crippen LogP contribution in [0.1, 0.15) is 29.3 Å². The van der Waals surface area contributed by atoms with Crippen molar-refractivity contribution in [2.75, 3.05) is 18.1 Å². The average molecular weight is 432 g/mol. The molecule has 0 saturated carbocycles. The van der Waals surface area contributed by atoms with Gasteiger partial charge < -0.3 is 15.2 Å². The van der Waals surface area contributed by atoms with Crippen molar-refractivity contribution in [3.8, 4) is 11.5 Å². The first-order valence-electron chi connectivity index (χ1n) is 9.37. The predicted octanol–water partition coefficient (Wildman–Crippen LogP) is 2.03. The second-order valence-electron chi connectivity index (χ2n) is 6.16. The van der Waals surface area contributed by atoms with E-state index in [1.165, 1.54) is 11.8 Å². The fraction of sp³-hybridized carbons (Fsp3) is 0.286. The van der Waals surface area contributed by atoms with E-state index in [0.29, 0.717) is 24.5 Å². The fourth-order valence-electron chi connectivity index (χ4n) is 2.32. The molecular formula is C21H25N3O5S. The van der Waals surface area contributed by atoms with Crippen LogP contribution in [0, 0.1) is 0 Å². The second kappa shape index (κ2) is 12.4. The molecule has 2 rings (SSSR count). The van der Waals surface area contributed by atoms with Gasteiger partial charge in [0.2, 0.25) is 11.8 Å². The summed E-state index contributed by atoms with van der Waals surface area (Å²) in [7, 11) is 0. The third-order valence-electron chi connectivity index (χ3n) is 3.79. The van der Waals surface area contributed by atoms with Crippen LogP contribution >= 0.6 is 11.8 Å². The molecule has 3 amide bonds. The molecular weight excluding hydrogens is 406 g/mol. The molecule has 2 aromatic carbocycles. The van der Waals surface area contributed by atoms with Crippen LogP contribution in [0.2, 0.25) is 0 Å². The maximum atomic E-state index is 12.1. The molecule has 0 spiro atoms. The van der Waals surface area contributed by atoms with E-state index in [1.807, 2.05) is 31.2 Å². The summed E-state index contributed by atoms with van der Waals surface area (Å²) >= 11 is 1.26. The van der Waals surface area contributed by atoms with Crippen LogP contribution in [0.4, 0.5) is 0 Å². The van der Waals surface area contributed by atoms with Crippen molar-refractivity contribution < 1.29 is 23.9 Å². The van der Waals surface area contributed by atoms with Gasteiger partial charge in [0, 0.05) is 17.7 Å². The third kappa shape index (κ3) is 8.44. The Balaban J connectivity index is 1.73. The molecule has 0 unspecified atom stereocenters. The molecule has 2 aromatic rings. The number of nitrogens with two attached hydrogens (primary N) is 1. The van der Waals surface area contributed by atoms with Crippen molar-refractivity contribution in [2.45, 2.75) is 20.0 Å². The molecule has 0 aromatic heterocycles. The van der Waals surface area contributed by atoms with E-state index in [0.717, 1.165) is 17.1 Å². The quantitative estimate of drug-likeness (QED) is 0.370. The number of rotatable bonds is 11. The number of benzene rings is 2. The van der Waals surface area contributed by atoms with Crippen LogP contribution in [-0.4, -0.2) is 35.8 Å². The van der Waals surface area contributed by atoms with Gasteiger partial charge >= 0.3 is 0 Å². The summed E-state index contributed by atoms with van der Waals surface area (Å²) < 4.78 is 11.1. The Hall–Kier alpha value is -3.20. The van der Waals surface area contributed by atoms with E-state index in [-0.39, 0.29) is 18.1 Å². The van der Waals surface area contributed by atoms with E-state index in [4.69, 9.17) is 15.2 Å². The van der Waals surface area contributed by atoms with Gasteiger partial charge in [-0.15, -0.1) is 0 Å². The number of hydrogen-bond acceptors (Lipinski definition) is 6. The first kappa shape index (κ1) is 23.1. The molecule has 160 valence electrons. The number of carbonyl (C=O) groups is 3. The summed E-state index contributed by atoms with van der Waals surface area (Å²) in [4.78, 5) is 34.4. The number of carbonyl (C=O) groups excluding carboxylic acids is 3. The minimum Gasteiger partial charge on any atom is -0.494 e. The number of amides is 3. The van der Waals surface area contributed by atoms with Crippen molar-refractivity contribution in [2.24, 2.45) is 5.73 Å². The Bertz CT molecular complexity index is 841. The number of primary amides is 1. The highest BCUT2D eigenvalue weighted by Crippen LogP contribution is 2.18. The van der Waals surface area contributed by atoms with E-state index in [1.54, 1.807) is 24.3 Å². The molecule has 0 fully saturated rings. The number of hydrazine groups is 1. The summed E-state index contributed by atoms with van der Waals surface area (Å²) in [5.41, 5.74) is 11.0. The zero-order valence-corrected chi connectivity index (χ0v) is 17.5. The van der Waals surface area contributed by atoms with Crippen molar-refractivity contribution >= 4 is 29.5 Å². The van der Waals surface area contributed by atoms with E-state index >= 15 is 0 Å². The standard InChI is InChI=1S/C21H25N3O5S/c1-2-28-17-7-9-18(10-8-17)29-13-15-3-5-16(6-4-15)21(27)24-23-20(26)11-12-30-14-19(22)25/h3-10H,2,11-14H2,1H3,(H2,22,25)(H,23,26)(H,24,27). The van der Waals surface area contributed by atoms with E-state index in [9.17, 15) is 14.4 Å². The van der Waals surface area contributed by atoms with E-state index < -0.39 is 11.8 Å². The summed E-state index contributed by atoms with van der Waals surface area (Å²) in [6.45, 7) is 2.89. The number of hydrogen-bond donors (Lipinski definition) is 3. The predicted molar refractivity (Wildman–Crippen MR) is 115 cm³/mol. The number of nitrogens with one attached hydrogen (secondary N) is 2. The van der Waals surface area contributed by atoms with Crippen molar-refractivity contribution in [1.29, 1.82) is 0 Å². The number of thioether (sulfide) groups is 1. The average Bonchev–Trinajstić information content (AvgIpc) is 2.75. The topological polar surface area (TPSA) is 120 Å². The van der Waals surface area contributed by atoms with Gasteiger partial charge in [-0.1, -0.05) is 12.1 Å². The van der Waals surface area contributed by atoms with Gasteiger partial charge in [-0.05, 0) is 48.9 Å². The van der Waals surface area contributed by atoms with Crippen LogP contribution in [0.25, 0.3) is 0 Å². The largest absolute Gasteiger partial charge is 0.494 e. The molecule has 0 atom stereocenters. The van der Waals surface area contributed by atoms with Gasteiger partial charge in [0.05, 0.1) is 12.4 Å². The highest BCUT2D eigenvalue weighted by atomic mass is 32.2. The highest BCUT2D eigenvalue weighted by molar-refractivity contribution is 7.99. The number of ether oxygens (including phenoxy) is 2. The molecule has 0 bridgehead atoms. The molecule has 0 radical (unpaired) electrons. The molecule has 0 aliphatic heterocycles. The Kier molecular flexibility index (Phi) is 9.53. The van der Waals surface area contributed by atoms with Gasteiger partial charge in [-0.3, -0.25) is 25.2 Å². The summed E-state index contributed by atoms with van der Waals surface area (Å²) in [6.07, 6.45) is 0.167. The second-order valence-corrected chi connectivity index (χ2v) is 7.27. The normalized spacial score (nSPS) is 10.2. The maximum absolute atomic E-state index is 12.1. The first-order chi connectivity index (χ1) is 14.5. The van der Waals surface area contributed by atoms with Gasteiger partial charge in [0.1, 0.15) is 18.1 Å². The molecule has 9 heteroatoms. The lowest BCUT2D eigenvalue weighted by Gasteiger charge is -2.09. The molecule has 0 aliphatic rings. The maximum Gasteiger partial charge on any atom is 0.269 e. The van der Waals surface area contributed by atoms with Crippen LogP contribution in [0.3, 0.4) is 0 Å². The monoisotopic (exact) mass is 431 g/mol. The van der Waals surface area contributed by atoms with Crippen LogP contribution in [-0.2, 0) is 16.2 Å². The Morgan fingerprint density at radius 1 is 0.933 bits per heavy atom. The van der Waals surface area contributed by atoms with Crippen LogP contribution in [0.15, 0.2) is 48.5 Å². The van der Waals surface area contributed by atoms with Crippen molar-refractivity contribution in [1.82, 2.24) is 10.9 Å². The molecule has 8 nitrogen and oxygen atoms in total. The molecule has 0 heterocycles. The zero-order chi connectivity index (χ0) is 21.8. The first-order valence-corrected chi connectivity index (χ1v) is 10.5. The highest BCUT2D eigenvalue weighted by Gasteiger charge is 2.08. The van der Waals surface area contributed by atoms with Gasteiger partial charge in [0.15, 0.2) is 0 Å². The molecule has 0 aliphatic carbocycles. The van der Waals surface area contributed by atoms with Crippen molar-refractivity contribution in [3.05, 3.63) is 59.7 Å². The summed E-state index contributed by atoms with van der Waals surface area (Å²) in [6, 6.07) is 14.2. The fourth-order valence-corrected chi connectivity index (χ4v) is 2.99. The lowest BCUT2D eigenvalue weighted by molar-refractivity contribution is -0.121. The minimum absolute atomic E-state index is 0.161. The molecule has 4 N–H and O–H groups in total. The van der Waals surface area contributed by atoms with Crippen LogP contribution < -0.4 is 26.1 Å². The third-order valence-corrected chi connectivity index (χ3v) is 4.77. The minimum atomic E-state index is -0.429. The molecule has 30 heavy (non-hydrogen) atoms. The van der Waals surface area contributed by atoms with Gasteiger partial charge in [0.25, 0.3) is 5.91 Å². The Labute approximate surface area is 179 Å². The lowest BCUT2D eigenvalue weighted by atomic mass is 10.1. The van der Waals surface area contributed by atoms with Gasteiger partial charge in [-0.2, -0.15) is 11.8 Å². The SMILES string of the molecule is CCOc1ccc(OCc2ccc(C(=O)NNC(=O)CCSCC(N)=O)cc2)cc1. The summed E-state index contributed by atoms with van der Waals surface area (Å²) in [5.74, 6) is 0.908. The van der Waals surface area contributed by atoms with Crippen molar-refractivity contribution in [3.63, 3.8) is 0 Å². The summed E-state index contributed by atoms with van der Waals surface area (Å²) in [5, 5.41) is 0. The Morgan fingerprint density at radius 2 is 1.57 bits per heavy atom. The zero-order valence-electron chi connectivity index (χ0n) is 16.7. The van der Waals surface area contributed by atoms with Gasteiger partial charge in [-0.25, -0.2) is 0 Å². The Morgan fingerprint density at radius 3 is 2.17 bits per heavy atom. The lowest BCUT2D eigenvalue weighted by Crippen LogP contribution is -2.41.